The molecule has 7 nitrogen and oxygen atoms in total. The minimum absolute atomic E-state index is 0.0765. The highest BCUT2D eigenvalue weighted by Gasteiger charge is 2.16. The van der Waals surface area contributed by atoms with Crippen molar-refractivity contribution in [2.75, 3.05) is 23.8 Å². The molecule has 0 aliphatic carbocycles. The molecule has 0 bridgehead atoms. The first-order valence-corrected chi connectivity index (χ1v) is 9.27. The van der Waals surface area contributed by atoms with E-state index in [-0.39, 0.29) is 17.9 Å². The number of guanidine groups is 1. The van der Waals surface area contributed by atoms with Gasteiger partial charge in [0.2, 0.25) is 11.9 Å². The average molecular weight is 380 g/mol. The summed E-state index contributed by atoms with van der Waals surface area (Å²) in [6.07, 6.45) is 2.08. The van der Waals surface area contributed by atoms with Gasteiger partial charge < -0.3 is 15.4 Å². The van der Waals surface area contributed by atoms with Crippen molar-refractivity contribution in [3.8, 4) is 0 Å². The Bertz CT molecular complexity index is 846. The van der Waals surface area contributed by atoms with E-state index >= 15 is 0 Å². The first-order valence-electron chi connectivity index (χ1n) is 9.27. The molecule has 1 aliphatic rings. The Morgan fingerprint density at radius 2 is 1.86 bits per heavy atom. The lowest BCUT2D eigenvalue weighted by Crippen LogP contribution is -2.36. The Balaban J connectivity index is 1.73. The predicted octanol–water partition coefficient (Wildman–Crippen LogP) is 3.02. The molecule has 1 unspecified atom stereocenters. The van der Waals surface area contributed by atoms with Gasteiger partial charge in [-0.05, 0) is 43.2 Å². The Kier molecular flexibility index (Phi) is 6.75. The van der Waals surface area contributed by atoms with Gasteiger partial charge in [-0.25, -0.2) is 4.99 Å². The lowest BCUT2D eigenvalue weighted by molar-refractivity contribution is -0.114. The summed E-state index contributed by atoms with van der Waals surface area (Å²) in [6, 6.07) is 16.3. The fourth-order valence-corrected chi connectivity index (χ4v) is 2.87. The third-order valence-corrected chi connectivity index (χ3v) is 4.19. The van der Waals surface area contributed by atoms with Crippen LogP contribution in [-0.4, -0.2) is 37.0 Å². The zero-order chi connectivity index (χ0) is 19.8. The molecule has 1 fully saturated rings. The van der Waals surface area contributed by atoms with Crippen LogP contribution in [-0.2, 0) is 9.53 Å². The van der Waals surface area contributed by atoms with Gasteiger partial charge in [0.1, 0.15) is 0 Å². The average Bonchev–Trinajstić information content (AvgIpc) is 3.20. The summed E-state index contributed by atoms with van der Waals surface area (Å²) < 4.78 is 5.61. The SMILES string of the molecule is CC(=O)Nc1cccc(C(=O)NC(=NCC2CCCO2)Nc2ccccc2)c1. The van der Waals surface area contributed by atoms with Crippen LogP contribution in [0.3, 0.4) is 0 Å². The van der Waals surface area contributed by atoms with Crippen LogP contribution in [0.2, 0.25) is 0 Å². The Labute approximate surface area is 164 Å². The fraction of sp³-hybridized carbons (Fsp3) is 0.286. The molecule has 1 saturated heterocycles. The maximum Gasteiger partial charge on any atom is 0.258 e. The smallest absolute Gasteiger partial charge is 0.258 e. The summed E-state index contributed by atoms with van der Waals surface area (Å²) in [5.41, 5.74) is 1.81. The number of carbonyl (C=O) groups excluding carboxylic acids is 2. The third-order valence-electron chi connectivity index (χ3n) is 4.19. The van der Waals surface area contributed by atoms with Crippen LogP contribution < -0.4 is 16.0 Å². The number of aliphatic imine (C=N–C) groups is 1. The lowest BCUT2D eigenvalue weighted by Gasteiger charge is -2.14. The Morgan fingerprint density at radius 3 is 2.57 bits per heavy atom. The summed E-state index contributed by atoms with van der Waals surface area (Å²) in [4.78, 5) is 28.5. The van der Waals surface area contributed by atoms with E-state index in [1.807, 2.05) is 30.3 Å². The standard InChI is InChI=1S/C21H24N4O3/c1-15(26)23-18-10-5-7-16(13-18)20(27)25-21(22-14-19-11-6-12-28-19)24-17-8-3-2-4-9-17/h2-5,7-10,13,19H,6,11-12,14H2,1H3,(H,23,26)(H2,22,24,25,27). The predicted molar refractivity (Wildman–Crippen MR) is 110 cm³/mol. The largest absolute Gasteiger partial charge is 0.376 e. The van der Waals surface area contributed by atoms with E-state index in [2.05, 4.69) is 20.9 Å². The van der Waals surface area contributed by atoms with Gasteiger partial charge in [0.25, 0.3) is 5.91 Å². The van der Waals surface area contributed by atoms with Crippen LogP contribution in [0.1, 0.15) is 30.1 Å². The van der Waals surface area contributed by atoms with Crippen molar-refractivity contribution in [2.45, 2.75) is 25.9 Å². The number of rotatable bonds is 5. The van der Waals surface area contributed by atoms with E-state index in [1.165, 1.54) is 6.92 Å². The van der Waals surface area contributed by atoms with E-state index in [0.29, 0.717) is 23.8 Å². The molecule has 2 aromatic rings. The normalized spacial score (nSPS) is 16.5. The van der Waals surface area contributed by atoms with E-state index in [4.69, 9.17) is 4.74 Å². The third kappa shape index (κ3) is 5.92. The molecule has 1 atom stereocenters. The summed E-state index contributed by atoms with van der Waals surface area (Å²) in [6.45, 7) is 2.65. The number of hydrogen-bond donors (Lipinski definition) is 3. The highest BCUT2D eigenvalue weighted by molar-refractivity contribution is 6.10. The summed E-state index contributed by atoms with van der Waals surface area (Å²) in [5, 5.41) is 8.64. The van der Waals surface area contributed by atoms with Crippen LogP contribution in [0.5, 0.6) is 0 Å². The van der Waals surface area contributed by atoms with Crippen molar-refractivity contribution in [2.24, 2.45) is 4.99 Å². The van der Waals surface area contributed by atoms with Crippen molar-refractivity contribution < 1.29 is 14.3 Å². The van der Waals surface area contributed by atoms with E-state index in [1.54, 1.807) is 24.3 Å². The monoisotopic (exact) mass is 380 g/mol. The maximum atomic E-state index is 12.7. The summed E-state index contributed by atoms with van der Waals surface area (Å²) >= 11 is 0. The van der Waals surface area contributed by atoms with Gasteiger partial charge in [-0.2, -0.15) is 0 Å². The van der Waals surface area contributed by atoms with Crippen LogP contribution in [0.4, 0.5) is 11.4 Å². The zero-order valence-corrected chi connectivity index (χ0v) is 15.8. The van der Waals surface area contributed by atoms with Crippen molar-refractivity contribution in [1.29, 1.82) is 0 Å². The molecule has 3 rings (SSSR count). The lowest BCUT2D eigenvalue weighted by atomic mass is 10.2. The first-order chi connectivity index (χ1) is 13.6. The topological polar surface area (TPSA) is 91.8 Å². The minimum atomic E-state index is -0.318. The first kappa shape index (κ1) is 19.6. The van der Waals surface area contributed by atoms with Crippen molar-refractivity contribution >= 4 is 29.1 Å². The van der Waals surface area contributed by atoms with E-state index in [0.717, 1.165) is 25.1 Å². The Morgan fingerprint density at radius 1 is 1.07 bits per heavy atom. The number of carbonyl (C=O) groups is 2. The summed E-state index contributed by atoms with van der Waals surface area (Å²) in [7, 11) is 0. The van der Waals surface area contributed by atoms with Crippen molar-refractivity contribution in [1.82, 2.24) is 5.32 Å². The van der Waals surface area contributed by atoms with Crippen molar-refractivity contribution in [3.63, 3.8) is 0 Å². The minimum Gasteiger partial charge on any atom is -0.376 e. The van der Waals surface area contributed by atoms with Gasteiger partial charge in [0.05, 0.1) is 12.6 Å². The molecule has 0 radical (unpaired) electrons. The van der Waals surface area contributed by atoms with Gasteiger partial charge in [0.15, 0.2) is 0 Å². The molecule has 0 spiro atoms. The number of nitrogens with one attached hydrogen (secondary N) is 3. The highest BCUT2D eigenvalue weighted by atomic mass is 16.5. The maximum absolute atomic E-state index is 12.7. The molecular formula is C21H24N4O3. The van der Waals surface area contributed by atoms with E-state index in [9.17, 15) is 9.59 Å². The van der Waals surface area contributed by atoms with E-state index < -0.39 is 0 Å². The molecule has 3 N–H and O–H groups in total. The van der Waals surface area contributed by atoms with Crippen LogP contribution in [0.15, 0.2) is 59.6 Å². The fourth-order valence-electron chi connectivity index (χ4n) is 2.87. The number of para-hydroxylation sites is 1. The van der Waals surface area contributed by atoms with Gasteiger partial charge >= 0.3 is 0 Å². The molecular weight excluding hydrogens is 356 g/mol. The van der Waals surface area contributed by atoms with Crippen LogP contribution in [0.25, 0.3) is 0 Å². The van der Waals surface area contributed by atoms with Gasteiger partial charge in [-0.1, -0.05) is 24.3 Å². The number of amides is 2. The quantitative estimate of drug-likeness (QED) is 0.549. The number of anilines is 2. The molecule has 1 heterocycles. The molecule has 0 aromatic heterocycles. The number of hydrogen-bond acceptors (Lipinski definition) is 4. The molecule has 2 amide bonds. The molecule has 1 aliphatic heterocycles. The molecule has 0 saturated carbocycles. The zero-order valence-electron chi connectivity index (χ0n) is 15.8. The summed E-state index contributed by atoms with van der Waals surface area (Å²) in [5.74, 6) is -0.152. The second kappa shape index (κ2) is 9.66. The molecule has 28 heavy (non-hydrogen) atoms. The second-order valence-electron chi connectivity index (χ2n) is 6.53. The number of benzene rings is 2. The Hall–Kier alpha value is -3.19. The molecule has 2 aromatic carbocycles. The van der Waals surface area contributed by atoms with Gasteiger partial charge in [-0.15, -0.1) is 0 Å². The number of nitrogens with zero attached hydrogens (tertiary/aromatic N) is 1. The van der Waals surface area contributed by atoms with Crippen LogP contribution in [0, 0.1) is 0 Å². The van der Waals surface area contributed by atoms with Gasteiger partial charge in [0, 0.05) is 30.5 Å². The van der Waals surface area contributed by atoms with Crippen LogP contribution >= 0.6 is 0 Å². The molecule has 7 heteroatoms. The second-order valence-corrected chi connectivity index (χ2v) is 6.53. The van der Waals surface area contributed by atoms with Gasteiger partial charge in [-0.3, -0.25) is 14.9 Å². The highest BCUT2D eigenvalue weighted by Crippen LogP contribution is 2.13. The number of ether oxygens (including phenoxy) is 1. The van der Waals surface area contributed by atoms with Crippen molar-refractivity contribution in [3.05, 3.63) is 60.2 Å². The molecule has 146 valence electrons.